The Hall–Kier alpha value is -2.04. The number of nitriles is 1. The van der Waals surface area contributed by atoms with Gasteiger partial charge in [-0.1, -0.05) is 11.6 Å². The normalized spacial score (nSPS) is 10.9. The van der Waals surface area contributed by atoms with E-state index in [1.807, 2.05) is 6.07 Å². The van der Waals surface area contributed by atoms with Crippen LogP contribution >= 0.6 is 11.6 Å². The average Bonchev–Trinajstić information content (AvgIpc) is 2.83. The van der Waals surface area contributed by atoms with E-state index in [1.165, 1.54) is 30.7 Å². The zero-order valence-corrected chi connectivity index (χ0v) is 10.5. The summed E-state index contributed by atoms with van der Waals surface area (Å²) in [6.45, 7) is 0. The van der Waals surface area contributed by atoms with Gasteiger partial charge >= 0.3 is 0 Å². The van der Waals surface area contributed by atoms with Crippen molar-refractivity contribution in [1.82, 2.24) is 9.97 Å². The lowest BCUT2D eigenvalue weighted by atomic mass is 10.2. The first-order valence-electron chi connectivity index (χ1n) is 4.74. The maximum Gasteiger partial charge on any atom is 0.279 e. The summed E-state index contributed by atoms with van der Waals surface area (Å²) < 4.78 is 26.1. The van der Waals surface area contributed by atoms with Crippen LogP contribution in [0.15, 0.2) is 35.7 Å². The zero-order valence-electron chi connectivity index (χ0n) is 8.88. The first kappa shape index (κ1) is 12.4. The summed E-state index contributed by atoms with van der Waals surface area (Å²) in [5, 5.41) is 9.13. The minimum atomic E-state index is -3.80. The van der Waals surface area contributed by atoms with E-state index in [9.17, 15) is 8.42 Å². The van der Waals surface area contributed by atoms with Crippen molar-refractivity contribution in [2.75, 3.05) is 4.72 Å². The van der Waals surface area contributed by atoms with Gasteiger partial charge in [0.15, 0.2) is 5.03 Å². The molecule has 1 heterocycles. The molecule has 2 rings (SSSR count). The highest BCUT2D eigenvalue weighted by molar-refractivity contribution is 7.92. The number of rotatable bonds is 3. The second kappa shape index (κ2) is 4.68. The number of aromatic amines is 1. The largest absolute Gasteiger partial charge is 0.334 e. The van der Waals surface area contributed by atoms with Crippen LogP contribution in [0, 0.1) is 11.3 Å². The smallest absolute Gasteiger partial charge is 0.279 e. The Morgan fingerprint density at radius 2 is 2.22 bits per heavy atom. The highest BCUT2D eigenvalue weighted by atomic mass is 35.5. The summed E-state index contributed by atoms with van der Waals surface area (Å²) >= 11 is 5.76. The van der Waals surface area contributed by atoms with Crippen molar-refractivity contribution in [2.45, 2.75) is 5.03 Å². The lowest BCUT2D eigenvalue weighted by molar-refractivity contribution is 0.598. The number of nitrogens with one attached hydrogen (secondary N) is 2. The molecule has 0 saturated heterocycles. The molecule has 18 heavy (non-hydrogen) atoms. The van der Waals surface area contributed by atoms with Crippen LogP contribution in [-0.4, -0.2) is 18.4 Å². The van der Waals surface area contributed by atoms with E-state index < -0.39 is 10.0 Å². The van der Waals surface area contributed by atoms with Gasteiger partial charge in [-0.05, 0) is 18.2 Å². The Kier molecular flexibility index (Phi) is 3.23. The van der Waals surface area contributed by atoms with Crippen LogP contribution in [0.5, 0.6) is 0 Å². The molecule has 6 nitrogen and oxygen atoms in total. The standard InChI is InChI=1S/C10H7ClN4O2S/c11-8-2-1-7(4-12)9(3-8)15-18(16,17)10-5-13-6-14-10/h1-3,5-6,15H,(H,13,14). The van der Waals surface area contributed by atoms with Crippen molar-refractivity contribution in [1.29, 1.82) is 5.26 Å². The van der Waals surface area contributed by atoms with Gasteiger partial charge in [0.05, 0.1) is 23.8 Å². The third-order valence-electron chi connectivity index (χ3n) is 2.11. The average molecular weight is 283 g/mol. The highest BCUT2D eigenvalue weighted by Crippen LogP contribution is 2.22. The van der Waals surface area contributed by atoms with E-state index in [0.717, 1.165) is 0 Å². The topological polar surface area (TPSA) is 98.6 Å². The van der Waals surface area contributed by atoms with E-state index in [1.54, 1.807) is 0 Å². The first-order valence-corrected chi connectivity index (χ1v) is 6.60. The van der Waals surface area contributed by atoms with Crippen LogP contribution in [0.2, 0.25) is 5.02 Å². The predicted octanol–water partition coefficient (Wildman–Crippen LogP) is 1.74. The van der Waals surface area contributed by atoms with Gasteiger partial charge in [0.2, 0.25) is 0 Å². The van der Waals surface area contributed by atoms with Gasteiger partial charge in [0.25, 0.3) is 10.0 Å². The lowest BCUT2D eigenvalue weighted by Crippen LogP contribution is -2.14. The second-order valence-corrected chi connectivity index (χ2v) is 5.41. The van der Waals surface area contributed by atoms with E-state index in [4.69, 9.17) is 16.9 Å². The van der Waals surface area contributed by atoms with Crippen molar-refractivity contribution in [3.63, 3.8) is 0 Å². The van der Waals surface area contributed by atoms with E-state index in [2.05, 4.69) is 14.7 Å². The Morgan fingerprint density at radius 3 is 2.83 bits per heavy atom. The molecule has 0 unspecified atom stereocenters. The molecule has 1 aromatic carbocycles. The van der Waals surface area contributed by atoms with Crippen LogP contribution < -0.4 is 4.72 Å². The molecule has 1 aromatic heterocycles. The Morgan fingerprint density at radius 1 is 1.44 bits per heavy atom. The molecule has 2 aromatic rings. The van der Waals surface area contributed by atoms with E-state index in [-0.39, 0.29) is 16.3 Å². The number of hydrogen-bond acceptors (Lipinski definition) is 4. The molecule has 0 aliphatic rings. The third-order valence-corrected chi connectivity index (χ3v) is 3.64. The number of imidazole rings is 1. The lowest BCUT2D eigenvalue weighted by Gasteiger charge is -2.08. The molecule has 92 valence electrons. The molecular formula is C10H7ClN4O2S. The van der Waals surface area contributed by atoms with Gasteiger partial charge in [-0.15, -0.1) is 0 Å². The SMILES string of the molecule is N#Cc1ccc(Cl)cc1NS(=O)(=O)c1cnc[nH]1. The number of halogens is 1. The number of anilines is 1. The van der Waals surface area contributed by atoms with Crippen molar-refractivity contribution in [2.24, 2.45) is 0 Å². The molecule has 0 radical (unpaired) electrons. The van der Waals surface area contributed by atoms with E-state index in [0.29, 0.717) is 5.02 Å². The van der Waals surface area contributed by atoms with Crippen LogP contribution in [0.1, 0.15) is 5.56 Å². The van der Waals surface area contributed by atoms with Gasteiger partial charge in [0, 0.05) is 5.02 Å². The zero-order chi connectivity index (χ0) is 13.2. The minimum Gasteiger partial charge on any atom is -0.334 e. The molecule has 0 aliphatic carbocycles. The Balaban J connectivity index is 2.41. The maximum absolute atomic E-state index is 11.9. The molecule has 2 N–H and O–H groups in total. The fourth-order valence-electron chi connectivity index (χ4n) is 1.29. The van der Waals surface area contributed by atoms with Gasteiger partial charge in [-0.3, -0.25) is 4.72 Å². The molecule has 0 bridgehead atoms. The van der Waals surface area contributed by atoms with E-state index >= 15 is 0 Å². The fraction of sp³-hybridized carbons (Fsp3) is 0. The number of nitrogens with zero attached hydrogens (tertiary/aromatic N) is 2. The van der Waals surface area contributed by atoms with Crippen LogP contribution in [0.25, 0.3) is 0 Å². The number of hydrogen-bond donors (Lipinski definition) is 2. The Labute approximate surface area is 108 Å². The molecule has 0 saturated carbocycles. The van der Waals surface area contributed by atoms with Crippen LogP contribution in [0.4, 0.5) is 5.69 Å². The molecule has 0 spiro atoms. The summed E-state index contributed by atoms with van der Waals surface area (Å²) in [6.07, 6.45) is 2.41. The summed E-state index contributed by atoms with van der Waals surface area (Å²) in [6, 6.07) is 6.19. The van der Waals surface area contributed by atoms with Crippen molar-refractivity contribution in [3.8, 4) is 6.07 Å². The number of H-pyrrole nitrogens is 1. The molecule has 0 amide bonds. The van der Waals surface area contributed by atoms with Gasteiger partial charge in [0.1, 0.15) is 6.07 Å². The summed E-state index contributed by atoms with van der Waals surface area (Å²) in [5.41, 5.74) is 0.307. The fourth-order valence-corrected chi connectivity index (χ4v) is 2.44. The van der Waals surface area contributed by atoms with Gasteiger partial charge in [-0.25, -0.2) is 4.98 Å². The van der Waals surface area contributed by atoms with Crippen LogP contribution in [0.3, 0.4) is 0 Å². The molecule has 8 heteroatoms. The quantitative estimate of drug-likeness (QED) is 0.895. The van der Waals surface area contributed by atoms with Crippen molar-refractivity contribution >= 4 is 27.3 Å². The molecule has 0 atom stereocenters. The number of aromatic nitrogens is 2. The predicted molar refractivity (Wildman–Crippen MR) is 65.6 cm³/mol. The van der Waals surface area contributed by atoms with Gasteiger partial charge < -0.3 is 4.98 Å². The first-order chi connectivity index (χ1) is 8.53. The molecule has 0 fully saturated rings. The van der Waals surface area contributed by atoms with Crippen LogP contribution in [-0.2, 0) is 10.0 Å². The van der Waals surface area contributed by atoms with Crippen molar-refractivity contribution in [3.05, 3.63) is 41.3 Å². The number of benzene rings is 1. The third kappa shape index (κ3) is 2.45. The second-order valence-electron chi connectivity index (χ2n) is 3.32. The maximum atomic E-state index is 11.9. The Bertz CT molecular complexity index is 704. The monoisotopic (exact) mass is 282 g/mol. The molecule has 0 aliphatic heterocycles. The number of sulfonamides is 1. The summed E-state index contributed by atoms with van der Waals surface area (Å²) in [5.74, 6) is 0. The van der Waals surface area contributed by atoms with Crippen molar-refractivity contribution < 1.29 is 8.42 Å². The summed E-state index contributed by atoms with van der Waals surface area (Å²) in [4.78, 5) is 6.10. The van der Waals surface area contributed by atoms with Gasteiger partial charge in [-0.2, -0.15) is 13.7 Å². The highest BCUT2D eigenvalue weighted by Gasteiger charge is 2.17. The molecular weight excluding hydrogens is 276 g/mol. The summed E-state index contributed by atoms with van der Waals surface area (Å²) in [7, 11) is -3.80. The minimum absolute atomic E-state index is 0.0913.